The van der Waals surface area contributed by atoms with Crippen molar-refractivity contribution in [3.63, 3.8) is 0 Å². The van der Waals surface area contributed by atoms with Crippen molar-refractivity contribution in [2.45, 2.75) is 37.9 Å². The quantitative estimate of drug-likeness (QED) is 0.558. The zero-order valence-corrected chi connectivity index (χ0v) is 11.7. The fraction of sp³-hybridized carbons (Fsp3) is 0.909. The van der Waals surface area contributed by atoms with Crippen LogP contribution in [0.4, 0.5) is 0 Å². The number of hydrogen-bond donors (Lipinski definition) is 2. The van der Waals surface area contributed by atoms with Gasteiger partial charge >= 0.3 is 0 Å². The summed E-state index contributed by atoms with van der Waals surface area (Å²) in [4.78, 5) is 4.16. The van der Waals surface area contributed by atoms with E-state index >= 15 is 0 Å². The number of nitrogens with zero attached hydrogens (tertiary/aromatic N) is 1. The van der Waals surface area contributed by atoms with Crippen LogP contribution >= 0.6 is 0 Å². The van der Waals surface area contributed by atoms with E-state index in [-0.39, 0.29) is 6.54 Å². The second-order valence-corrected chi connectivity index (χ2v) is 7.70. The molecule has 5 nitrogen and oxygen atoms in total. The molecule has 0 aromatic carbocycles. The lowest BCUT2D eigenvalue weighted by molar-refractivity contribution is 0.346. The number of aliphatic imine (C=N–C) groups is 1. The van der Waals surface area contributed by atoms with Gasteiger partial charge in [-0.15, -0.1) is 0 Å². The van der Waals surface area contributed by atoms with Crippen molar-refractivity contribution in [2.24, 2.45) is 16.6 Å². The van der Waals surface area contributed by atoms with Crippen LogP contribution in [0.1, 0.15) is 33.1 Å². The summed E-state index contributed by atoms with van der Waals surface area (Å²) in [7, 11) is -3.05. The van der Waals surface area contributed by atoms with Gasteiger partial charge in [0.15, 0.2) is 15.8 Å². The Morgan fingerprint density at radius 1 is 1.47 bits per heavy atom. The number of rotatable bonds is 5. The molecule has 6 heteroatoms. The molecule has 1 aliphatic carbocycles. The lowest BCUT2D eigenvalue weighted by Gasteiger charge is -2.38. The van der Waals surface area contributed by atoms with Crippen molar-refractivity contribution in [3.8, 4) is 0 Å². The van der Waals surface area contributed by atoms with E-state index in [9.17, 15) is 8.42 Å². The fourth-order valence-electron chi connectivity index (χ4n) is 1.81. The average Bonchev–Trinajstić information content (AvgIpc) is 2.10. The molecule has 1 saturated carbocycles. The first kappa shape index (κ1) is 14.3. The van der Waals surface area contributed by atoms with Crippen LogP contribution in [0.5, 0.6) is 0 Å². The molecule has 0 spiro atoms. The molecular weight excluding hydrogens is 238 g/mol. The van der Waals surface area contributed by atoms with Crippen molar-refractivity contribution in [1.29, 1.82) is 0 Å². The third-order valence-corrected chi connectivity index (χ3v) is 5.39. The molecule has 1 fully saturated rings. The van der Waals surface area contributed by atoms with Crippen molar-refractivity contribution < 1.29 is 8.42 Å². The van der Waals surface area contributed by atoms with Gasteiger partial charge in [-0.2, -0.15) is 0 Å². The van der Waals surface area contributed by atoms with E-state index in [1.54, 1.807) is 0 Å². The third-order valence-electron chi connectivity index (χ3n) is 3.28. The minimum absolute atomic E-state index is 0.281. The monoisotopic (exact) mass is 261 g/mol. The summed E-state index contributed by atoms with van der Waals surface area (Å²) in [5.74, 6) is 0.824. The Hall–Kier alpha value is -0.780. The highest BCUT2D eigenvalue weighted by molar-refractivity contribution is 7.92. The summed E-state index contributed by atoms with van der Waals surface area (Å²) in [6.45, 7) is 5.18. The summed E-state index contributed by atoms with van der Waals surface area (Å²) < 4.78 is 22.7. The summed E-state index contributed by atoms with van der Waals surface area (Å²) in [5.41, 5.74) is 5.70. The largest absolute Gasteiger partial charge is 0.370 e. The third kappa shape index (κ3) is 3.59. The molecule has 0 radical (unpaired) electrons. The van der Waals surface area contributed by atoms with Crippen LogP contribution in [0.25, 0.3) is 0 Å². The second kappa shape index (κ2) is 5.25. The van der Waals surface area contributed by atoms with Crippen LogP contribution in [0, 0.1) is 5.92 Å². The van der Waals surface area contributed by atoms with Gasteiger partial charge < -0.3 is 11.1 Å². The SMILES string of the molecule is CC(C)CNC(N)=NCC1(S(C)(=O)=O)CCC1. The summed E-state index contributed by atoms with van der Waals surface area (Å²) in [5, 5.41) is 2.99. The van der Waals surface area contributed by atoms with Crippen molar-refractivity contribution in [1.82, 2.24) is 5.32 Å². The maximum absolute atomic E-state index is 11.7. The van der Waals surface area contributed by atoms with Crippen LogP contribution in [0.2, 0.25) is 0 Å². The number of sulfone groups is 1. The predicted molar refractivity (Wildman–Crippen MR) is 70.8 cm³/mol. The smallest absolute Gasteiger partial charge is 0.188 e. The first-order chi connectivity index (χ1) is 7.77. The van der Waals surface area contributed by atoms with E-state index in [0.717, 1.165) is 13.0 Å². The van der Waals surface area contributed by atoms with Crippen LogP contribution in [-0.4, -0.2) is 38.5 Å². The number of guanidine groups is 1. The molecule has 0 bridgehead atoms. The number of hydrogen-bond acceptors (Lipinski definition) is 3. The molecule has 3 N–H and O–H groups in total. The molecule has 0 aromatic rings. The molecule has 0 heterocycles. The Bertz CT molecular complexity index is 384. The molecule has 0 unspecified atom stereocenters. The Morgan fingerprint density at radius 2 is 2.06 bits per heavy atom. The summed E-state index contributed by atoms with van der Waals surface area (Å²) in [6, 6.07) is 0. The highest BCUT2D eigenvalue weighted by Crippen LogP contribution is 2.39. The minimum Gasteiger partial charge on any atom is -0.370 e. The standard InChI is InChI=1S/C11H23N3O2S/c1-9(2)7-13-10(12)14-8-11(5-4-6-11)17(3,15)16/h9H,4-8H2,1-3H3,(H3,12,13,14). The predicted octanol–water partition coefficient (Wildman–Crippen LogP) is 0.514. The van der Waals surface area contributed by atoms with E-state index in [1.165, 1.54) is 6.26 Å². The summed E-state index contributed by atoms with van der Waals surface area (Å²) in [6.07, 6.45) is 3.65. The Labute approximate surface area is 104 Å². The van der Waals surface area contributed by atoms with Crippen LogP contribution in [0.15, 0.2) is 4.99 Å². The number of nitrogens with one attached hydrogen (secondary N) is 1. The Morgan fingerprint density at radius 3 is 2.41 bits per heavy atom. The van der Waals surface area contributed by atoms with Crippen LogP contribution < -0.4 is 11.1 Å². The lowest BCUT2D eigenvalue weighted by Crippen LogP contribution is -2.48. The second-order valence-electron chi connectivity index (χ2n) is 5.28. The van der Waals surface area contributed by atoms with Gasteiger partial charge in [-0.25, -0.2) is 8.42 Å². The zero-order chi connectivity index (χ0) is 13.1. The molecule has 1 aliphatic rings. The van der Waals surface area contributed by atoms with Gasteiger partial charge in [-0.1, -0.05) is 20.3 Å². The van der Waals surface area contributed by atoms with Crippen molar-refractivity contribution in [3.05, 3.63) is 0 Å². The lowest BCUT2D eigenvalue weighted by atomic mass is 9.84. The first-order valence-corrected chi connectivity index (χ1v) is 7.89. The van der Waals surface area contributed by atoms with E-state index in [1.807, 2.05) is 0 Å². The maximum atomic E-state index is 11.7. The topological polar surface area (TPSA) is 84.5 Å². The first-order valence-electron chi connectivity index (χ1n) is 6.00. The van der Waals surface area contributed by atoms with Gasteiger partial charge in [-0.3, -0.25) is 4.99 Å². The van der Waals surface area contributed by atoms with Gasteiger partial charge in [0.25, 0.3) is 0 Å². The van der Waals surface area contributed by atoms with Crippen LogP contribution in [-0.2, 0) is 9.84 Å². The normalized spacial score (nSPS) is 20.1. The van der Waals surface area contributed by atoms with Crippen molar-refractivity contribution in [2.75, 3.05) is 19.3 Å². The van der Waals surface area contributed by atoms with E-state index < -0.39 is 14.6 Å². The zero-order valence-electron chi connectivity index (χ0n) is 10.9. The molecule has 0 saturated heterocycles. The molecule has 0 amide bonds. The molecule has 0 atom stereocenters. The molecule has 0 aromatic heterocycles. The van der Waals surface area contributed by atoms with E-state index in [2.05, 4.69) is 24.2 Å². The molecule has 100 valence electrons. The van der Waals surface area contributed by atoms with E-state index in [4.69, 9.17) is 5.73 Å². The Balaban J connectivity index is 2.56. The van der Waals surface area contributed by atoms with Gasteiger partial charge in [0.1, 0.15) is 0 Å². The Kier molecular flexibility index (Phi) is 4.41. The highest BCUT2D eigenvalue weighted by atomic mass is 32.2. The van der Waals surface area contributed by atoms with Gasteiger partial charge in [0.05, 0.1) is 11.3 Å². The van der Waals surface area contributed by atoms with Gasteiger partial charge in [0.2, 0.25) is 0 Å². The van der Waals surface area contributed by atoms with Gasteiger partial charge in [-0.05, 0) is 18.8 Å². The highest BCUT2D eigenvalue weighted by Gasteiger charge is 2.46. The summed E-state index contributed by atoms with van der Waals surface area (Å²) >= 11 is 0. The van der Waals surface area contributed by atoms with Crippen molar-refractivity contribution >= 4 is 15.8 Å². The fourth-order valence-corrected chi connectivity index (χ4v) is 3.14. The maximum Gasteiger partial charge on any atom is 0.188 e. The average molecular weight is 261 g/mol. The van der Waals surface area contributed by atoms with Gasteiger partial charge in [0, 0.05) is 12.8 Å². The molecule has 1 rings (SSSR count). The number of nitrogens with two attached hydrogens (primary N) is 1. The minimum atomic E-state index is -3.05. The molecule has 0 aliphatic heterocycles. The molecular formula is C11H23N3O2S. The van der Waals surface area contributed by atoms with Crippen LogP contribution in [0.3, 0.4) is 0 Å². The molecule has 17 heavy (non-hydrogen) atoms. The van der Waals surface area contributed by atoms with E-state index in [0.29, 0.717) is 24.7 Å².